The summed E-state index contributed by atoms with van der Waals surface area (Å²) < 4.78 is 0. The zero-order valence-electron chi connectivity index (χ0n) is 17.3. The first-order chi connectivity index (χ1) is 13.2. The zero-order valence-corrected chi connectivity index (χ0v) is 17.3. The van der Waals surface area contributed by atoms with Crippen LogP contribution in [0.4, 0.5) is 0 Å². The maximum atomic E-state index is 12.9. The zero-order chi connectivity index (χ0) is 20.3. The average Bonchev–Trinajstić information content (AvgIpc) is 3.10. The minimum atomic E-state index is -0.121. The summed E-state index contributed by atoms with van der Waals surface area (Å²) in [6.45, 7) is 9.55. The fourth-order valence-corrected chi connectivity index (χ4v) is 3.67. The number of hydrogen-bond donors (Lipinski definition) is 1. The molecule has 0 bridgehead atoms. The van der Waals surface area contributed by atoms with Gasteiger partial charge >= 0.3 is 0 Å². The lowest BCUT2D eigenvalue weighted by molar-refractivity contribution is -0.132. The average molecular weight is 383 g/mol. The fourth-order valence-electron chi connectivity index (χ4n) is 3.67. The number of ketones is 1. The van der Waals surface area contributed by atoms with Gasteiger partial charge in [-0.15, -0.1) is 0 Å². The van der Waals surface area contributed by atoms with Crippen molar-refractivity contribution in [3.63, 3.8) is 0 Å². The lowest BCUT2D eigenvalue weighted by Gasteiger charge is -2.32. The van der Waals surface area contributed by atoms with Crippen molar-refractivity contribution in [3.8, 4) is 0 Å². The highest BCUT2D eigenvalue weighted by molar-refractivity contribution is 5.98. The van der Waals surface area contributed by atoms with Crippen LogP contribution in [0.3, 0.4) is 0 Å². The van der Waals surface area contributed by atoms with Crippen LogP contribution in [0.25, 0.3) is 0 Å². The molecular weight excluding hydrogens is 352 g/mol. The van der Waals surface area contributed by atoms with Crippen LogP contribution >= 0.6 is 0 Å². The Balaban J connectivity index is 1.59. The van der Waals surface area contributed by atoms with Crippen molar-refractivity contribution in [1.82, 2.24) is 20.1 Å². The number of aromatic nitrogens is 3. The topological polar surface area (TPSA) is 79.0 Å². The van der Waals surface area contributed by atoms with E-state index in [9.17, 15) is 9.59 Å². The first-order valence-electron chi connectivity index (χ1n) is 10.0. The van der Waals surface area contributed by atoms with Crippen LogP contribution in [0.15, 0.2) is 24.3 Å². The number of carbonyl (C=O) groups excluding carboxylic acids is 2. The molecule has 1 N–H and O–H groups in total. The van der Waals surface area contributed by atoms with E-state index in [1.54, 1.807) is 0 Å². The molecule has 150 valence electrons. The van der Waals surface area contributed by atoms with Crippen LogP contribution in [-0.4, -0.2) is 44.9 Å². The van der Waals surface area contributed by atoms with Crippen LogP contribution < -0.4 is 0 Å². The molecule has 0 saturated carbocycles. The molecule has 0 aliphatic carbocycles. The van der Waals surface area contributed by atoms with Crippen molar-refractivity contribution < 1.29 is 9.59 Å². The number of nitrogens with zero attached hydrogens (tertiary/aromatic N) is 3. The van der Waals surface area contributed by atoms with Gasteiger partial charge in [-0.05, 0) is 30.7 Å². The number of amides is 1. The molecule has 1 aliphatic heterocycles. The number of carbonyl (C=O) groups is 2. The largest absolute Gasteiger partial charge is 0.342 e. The molecule has 1 aromatic carbocycles. The number of H-pyrrole nitrogens is 1. The summed E-state index contributed by atoms with van der Waals surface area (Å²) >= 11 is 0. The molecular formula is C22H30N4O2. The van der Waals surface area contributed by atoms with Gasteiger partial charge in [0.2, 0.25) is 5.91 Å². The van der Waals surface area contributed by atoms with Crippen LogP contribution in [0.2, 0.25) is 0 Å². The minimum Gasteiger partial charge on any atom is -0.342 e. The number of hydrogen-bond acceptors (Lipinski definition) is 4. The van der Waals surface area contributed by atoms with Gasteiger partial charge in [0.05, 0.1) is 0 Å². The molecule has 0 radical (unpaired) electrons. The Morgan fingerprint density at radius 2 is 1.93 bits per heavy atom. The Labute approximate surface area is 166 Å². The van der Waals surface area contributed by atoms with E-state index >= 15 is 0 Å². The summed E-state index contributed by atoms with van der Waals surface area (Å²) in [5, 5.41) is 6.87. The third kappa shape index (κ3) is 4.86. The second kappa shape index (κ2) is 8.25. The van der Waals surface area contributed by atoms with Gasteiger partial charge in [0.15, 0.2) is 11.6 Å². The van der Waals surface area contributed by atoms with Crippen molar-refractivity contribution in [2.75, 3.05) is 13.1 Å². The van der Waals surface area contributed by atoms with Crippen molar-refractivity contribution in [2.45, 2.75) is 58.8 Å². The molecule has 1 amide bonds. The van der Waals surface area contributed by atoms with Crippen molar-refractivity contribution >= 4 is 11.7 Å². The molecule has 1 atom stereocenters. The molecule has 2 aromatic rings. The quantitative estimate of drug-likeness (QED) is 0.803. The van der Waals surface area contributed by atoms with Crippen molar-refractivity contribution in [3.05, 3.63) is 47.0 Å². The van der Waals surface area contributed by atoms with Gasteiger partial charge in [0.1, 0.15) is 5.82 Å². The van der Waals surface area contributed by atoms with E-state index in [1.807, 2.05) is 36.1 Å². The Morgan fingerprint density at radius 3 is 2.54 bits per heavy atom. The second-order valence-corrected chi connectivity index (χ2v) is 8.71. The number of aryl methyl sites for hydroxylation is 2. The lowest BCUT2D eigenvalue weighted by atomic mass is 9.85. The van der Waals surface area contributed by atoms with E-state index in [0.29, 0.717) is 25.2 Å². The van der Waals surface area contributed by atoms with Crippen LogP contribution in [-0.2, 0) is 16.6 Å². The summed E-state index contributed by atoms with van der Waals surface area (Å²) in [4.78, 5) is 31.6. The van der Waals surface area contributed by atoms with Crippen LogP contribution in [0.5, 0.6) is 0 Å². The number of benzene rings is 1. The Bertz CT molecular complexity index is 833. The van der Waals surface area contributed by atoms with Crippen molar-refractivity contribution in [1.29, 1.82) is 0 Å². The van der Waals surface area contributed by atoms with Gasteiger partial charge in [0, 0.05) is 37.4 Å². The van der Waals surface area contributed by atoms with Crippen LogP contribution in [0, 0.1) is 12.8 Å². The second-order valence-electron chi connectivity index (χ2n) is 8.71. The molecule has 0 spiro atoms. The number of Topliss-reactive ketones (excluding diaryl/α,β-unsaturated/α-hetero) is 1. The molecule has 3 rings (SSSR count). The monoisotopic (exact) mass is 382 g/mol. The van der Waals surface area contributed by atoms with Gasteiger partial charge in [-0.25, -0.2) is 4.98 Å². The normalized spacial score (nSPS) is 17.6. The summed E-state index contributed by atoms with van der Waals surface area (Å²) in [7, 11) is 0. The summed E-state index contributed by atoms with van der Waals surface area (Å²) in [5.74, 6) is 1.51. The molecule has 6 nitrogen and oxygen atoms in total. The van der Waals surface area contributed by atoms with E-state index < -0.39 is 0 Å². The first-order valence-corrected chi connectivity index (χ1v) is 10.0. The maximum Gasteiger partial charge on any atom is 0.223 e. The summed E-state index contributed by atoms with van der Waals surface area (Å²) in [6, 6.07) is 7.93. The molecule has 2 heterocycles. The molecule has 1 aromatic heterocycles. The smallest absolute Gasteiger partial charge is 0.223 e. The number of aromatic amines is 1. The Hall–Kier alpha value is -2.50. The molecule has 1 unspecified atom stereocenters. The SMILES string of the molecule is Cc1nc(CCC(=O)N2CCCC(C(=O)c3ccc(C(C)(C)C)cc3)C2)n[nH]1. The Morgan fingerprint density at radius 1 is 1.21 bits per heavy atom. The third-order valence-corrected chi connectivity index (χ3v) is 5.39. The Kier molecular flexibility index (Phi) is 5.96. The molecule has 1 saturated heterocycles. The van der Waals surface area contributed by atoms with E-state index in [-0.39, 0.29) is 23.0 Å². The predicted molar refractivity (Wildman–Crippen MR) is 108 cm³/mol. The van der Waals surface area contributed by atoms with Gasteiger partial charge in [0.25, 0.3) is 0 Å². The molecule has 1 fully saturated rings. The van der Waals surface area contributed by atoms with E-state index in [2.05, 4.69) is 36.0 Å². The van der Waals surface area contributed by atoms with Gasteiger partial charge in [-0.3, -0.25) is 14.7 Å². The van der Waals surface area contributed by atoms with Crippen molar-refractivity contribution in [2.24, 2.45) is 5.92 Å². The van der Waals surface area contributed by atoms with Gasteiger partial charge < -0.3 is 4.90 Å². The standard InChI is InChI=1S/C22H30N4O2/c1-15-23-19(25-24-15)11-12-20(27)26-13-5-6-17(14-26)21(28)16-7-9-18(10-8-16)22(2,3)4/h7-10,17H,5-6,11-14H2,1-4H3,(H,23,24,25). The van der Waals surface area contributed by atoms with E-state index in [4.69, 9.17) is 0 Å². The number of nitrogens with one attached hydrogen (secondary N) is 1. The van der Waals surface area contributed by atoms with Gasteiger partial charge in [-0.2, -0.15) is 5.10 Å². The summed E-state index contributed by atoms with van der Waals surface area (Å²) in [5.41, 5.74) is 2.02. The number of piperidine rings is 1. The first kappa shape index (κ1) is 20.2. The number of likely N-dealkylation sites (tertiary alicyclic amines) is 1. The molecule has 6 heteroatoms. The fraction of sp³-hybridized carbons (Fsp3) is 0.545. The van der Waals surface area contributed by atoms with Gasteiger partial charge in [-0.1, -0.05) is 45.0 Å². The minimum absolute atomic E-state index is 0.0668. The molecule has 1 aliphatic rings. The summed E-state index contributed by atoms with van der Waals surface area (Å²) in [6.07, 6.45) is 2.59. The van der Waals surface area contributed by atoms with E-state index in [1.165, 1.54) is 5.56 Å². The van der Waals surface area contributed by atoms with E-state index in [0.717, 1.165) is 30.8 Å². The third-order valence-electron chi connectivity index (χ3n) is 5.39. The maximum absolute atomic E-state index is 12.9. The highest BCUT2D eigenvalue weighted by Gasteiger charge is 2.29. The molecule has 28 heavy (non-hydrogen) atoms. The highest BCUT2D eigenvalue weighted by Crippen LogP contribution is 2.25. The highest BCUT2D eigenvalue weighted by atomic mass is 16.2. The number of rotatable bonds is 5. The predicted octanol–water partition coefficient (Wildman–Crippen LogP) is 3.46. The lowest BCUT2D eigenvalue weighted by Crippen LogP contribution is -2.42. The van der Waals surface area contributed by atoms with Crippen LogP contribution in [0.1, 0.15) is 67.6 Å².